The Bertz CT molecular complexity index is 425. The van der Waals surface area contributed by atoms with E-state index in [4.69, 9.17) is 0 Å². The predicted molar refractivity (Wildman–Crippen MR) is 70.7 cm³/mol. The fourth-order valence-electron chi connectivity index (χ4n) is 2.23. The molecule has 0 spiro atoms. The van der Waals surface area contributed by atoms with E-state index in [0.29, 0.717) is 11.6 Å². The Morgan fingerprint density at radius 2 is 1.89 bits per heavy atom. The van der Waals surface area contributed by atoms with Crippen LogP contribution in [0.25, 0.3) is 0 Å². The van der Waals surface area contributed by atoms with E-state index in [-0.39, 0.29) is 5.91 Å². The van der Waals surface area contributed by atoms with Crippen LogP contribution < -0.4 is 5.32 Å². The van der Waals surface area contributed by atoms with Gasteiger partial charge in [0.2, 0.25) is 5.95 Å². The molecule has 0 atom stereocenters. The highest BCUT2D eigenvalue weighted by molar-refractivity contribution is 5.92. The number of amides is 1. The Morgan fingerprint density at radius 1 is 1.22 bits per heavy atom. The second kappa shape index (κ2) is 5.80. The summed E-state index contributed by atoms with van der Waals surface area (Å²) in [6.07, 6.45) is 4.62. The molecule has 0 saturated carbocycles. The van der Waals surface area contributed by atoms with Crippen LogP contribution >= 0.6 is 0 Å². The molecule has 0 unspecified atom stereocenters. The van der Waals surface area contributed by atoms with Gasteiger partial charge in [-0.2, -0.15) is 0 Å². The van der Waals surface area contributed by atoms with Gasteiger partial charge in [-0.05, 0) is 25.8 Å². The zero-order valence-electron chi connectivity index (χ0n) is 11.1. The second-order valence-corrected chi connectivity index (χ2v) is 4.67. The van der Waals surface area contributed by atoms with Crippen LogP contribution in [0.2, 0.25) is 0 Å². The van der Waals surface area contributed by atoms with Crippen LogP contribution in [0.5, 0.6) is 0 Å². The Balaban J connectivity index is 2.18. The summed E-state index contributed by atoms with van der Waals surface area (Å²) in [7, 11) is 1.76. The van der Waals surface area contributed by atoms with Crippen molar-refractivity contribution in [1.29, 1.82) is 0 Å². The van der Waals surface area contributed by atoms with Crippen molar-refractivity contribution in [2.45, 2.75) is 32.6 Å². The van der Waals surface area contributed by atoms with E-state index in [1.807, 2.05) is 11.8 Å². The summed E-state index contributed by atoms with van der Waals surface area (Å²) in [4.78, 5) is 22.7. The van der Waals surface area contributed by atoms with Crippen LogP contribution in [0, 0.1) is 6.92 Å². The third-order valence-corrected chi connectivity index (χ3v) is 3.19. The van der Waals surface area contributed by atoms with E-state index < -0.39 is 0 Å². The van der Waals surface area contributed by atoms with E-state index in [2.05, 4.69) is 15.3 Å². The van der Waals surface area contributed by atoms with Crippen LogP contribution in [0.3, 0.4) is 0 Å². The molecule has 1 aromatic rings. The standard InChI is InChI=1S/C13H20N4O/c1-10-9-11(16-13(14-2)15-10)12(18)17-7-5-3-4-6-8-17/h9H,3-8H2,1-2H3,(H,14,15,16). The Hall–Kier alpha value is -1.65. The molecule has 0 aliphatic carbocycles. The summed E-state index contributed by atoms with van der Waals surface area (Å²) in [5, 5.41) is 2.89. The minimum atomic E-state index is 0.0268. The van der Waals surface area contributed by atoms with E-state index in [1.54, 1.807) is 13.1 Å². The van der Waals surface area contributed by atoms with Gasteiger partial charge in [0, 0.05) is 25.8 Å². The molecule has 2 heterocycles. The maximum atomic E-state index is 12.4. The van der Waals surface area contributed by atoms with Gasteiger partial charge in [0.1, 0.15) is 5.69 Å². The molecule has 1 amide bonds. The summed E-state index contributed by atoms with van der Waals surface area (Å²) in [6, 6.07) is 1.76. The van der Waals surface area contributed by atoms with Gasteiger partial charge < -0.3 is 10.2 Å². The number of nitrogens with one attached hydrogen (secondary N) is 1. The van der Waals surface area contributed by atoms with Crippen molar-refractivity contribution in [3.8, 4) is 0 Å². The number of rotatable bonds is 2. The topological polar surface area (TPSA) is 58.1 Å². The number of likely N-dealkylation sites (tertiary alicyclic amines) is 1. The zero-order valence-corrected chi connectivity index (χ0v) is 11.1. The quantitative estimate of drug-likeness (QED) is 0.867. The third-order valence-electron chi connectivity index (χ3n) is 3.19. The molecule has 0 aromatic carbocycles. The number of carbonyl (C=O) groups excluding carboxylic acids is 1. The zero-order chi connectivity index (χ0) is 13.0. The van der Waals surface area contributed by atoms with Crippen molar-refractivity contribution in [3.63, 3.8) is 0 Å². The van der Waals surface area contributed by atoms with Crippen LogP contribution in [0.1, 0.15) is 41.9 Å². The van der Waals surface area contributed by atoms with Crippen LogP contribution in [0.15, 0.2) is 6.07 Å². The van der Waals surface area contributed by atoms with E-state index >= 15 is 0 Å². The van der Waals surface area contributed by atoms with Gasteiger partial charge in [0.25, 0.3) is 5.91 Å². The fraction of sp³-hybridized carbons (Fsp3) is 0.615. The Labute approximate surface area is 108 Å². The maximum absolute atomic E-state index is 12.4. The van der Waals surface area contributed by atoms with Crippen molar-refractivity contribution in [3.05, 3.63) is 17.5 Å². The molecule has 0 bridgehead atoms. The molecule has 0 radical (unpaired) electrons. The molecule has 1 aliphatic rings. The Morgan fingerprint density at radius 3 is 2.50 bits per heavy atom. The molecule has 1 aliphatic heterocycles. The average molecular weight is 248 g/mol. The van der Waals surface area contributed by atoms with Gasteiger partial charge in [0.05, 0.1) is 0 Å². The number of anilines is 1. The van der Waals surface area contributed by atoms with Gasteiger partial charge in [-0.3, -0.25) is 4.79 Å². The maximum Gasteiger partial charge on any atom is 0.272 e. The molecule has 1 N–H and O–H groups in total. The van der Waals surface area contributed by atoms with Crippen molar-refractivity contribution < 1.29 is 4.79 Å². The number of nitrogens with zero attached hydrogens (tertiary/aromatic N) is 3. The number of aryl methyl sites for hydroxylation is 1. The van der Waals surface area contributed by atoms with Gasteiger partial charge in [-0.15, -0.1) is 0 Å². The summed E-state index contributed by atoms with van der Waals surface area (Å²) in [6.45, 7) is 3.56. The van der Waals surface area contributed by atoms with Crippen LogP contribution in [-0.4, -0.2) is 40.9 Å². The summed E-state index contributed by atoms with van der Waals surface area (Å²) in [5.74, 6) is 0.534. The van der Waals surface area contributed by atoms with Gasteiger partial charge in [-0.1, -0.05) is 12.8 Å². The first kappa shape index (κ1) is 12.8. The minimum Gasteiger partial charge on any atom is -0.357 e. The number of aromatic nitrogens is 2. The first-order valence-electron chi connectivity index (χ1n) is 6.53. The van der Waals surface area contributed by atoms with Gasteiger partial charge >= 0.3 is 0 Å². The molecule has 98 valence electrons. The highest BCUT2D eigenvalue weighted by atomic mass is 16.2. The summed E-state index contributed by atoms with van der Waals surface area (Å²) in [5.41, 5.74) is 1.31. The average Bonchev–Trinajstić information content (AvgIpc) is 2.65. The highest BCUT2D eigenvalue weighted by Crippen LogP contribution is 2.13. The molecule has 18 heavy (non-hydrogen) atoms. The highest BCUT2D eigenvalue weighted by Gasteiger charge is 2.19. The fourth-order valence-corrected chi connectivity index (χ4v) is 2.23. The summed E-state index contributed by atoms with van der Waals surface area (Å²) < 4.78 is 0. The lowest BCUT2D eigenvalue weighted by Crippen LogP contribution is -2.32. The molecule has 1 saturated heterocycles. The third kappa shape index (κ3) is 2.97. The lowest BCUT2D eigenvalue weighted by atomic mass is 10.2. The van der Waals surface area contributed by atoms with Crippen molar-refractivity contribution in [1.82, 2.24) is 14.9 Å². The molecule has 5 nitrogen and oxygen atoms in total. The SMILES string of the molecule is CNc1nc(C)cc(C(=O)N2CCCCCC2)n1. The van der Waals surface area contributed by atoms with Crippen molar-refractivity contribution in [2.75, 3.05) is 25.5 Å². The minimum absolute atomic E-state index is 0.0268. The lowest BCUT2D eigenvalue weighted by molar-refractivity contribution is 0.0755. The molecule has 1 fully saturated rings. The van der Waals surface area contributed by atoms with Crippen LogP contribution in [0.4, 0.5) is 5.95 Å². The predicted octanol–water partition coefficient (Wildman–Crippen LogP) is 1.84. The van der Waals surface area contributed by atoms with E-state index in [0.717, 1.165) is 31.6 Å². The first-order valence-corrected chi connectivity index (χ1v) is 6.53. The molecular weight excluding hydrogens is 228 g/mol. The second-order valence-electron chi connectivity index (χ2n) is 4.67. The number of hydrogen-bond donors (Lipinski definition) is 1. The van der Waals surface area contributed by atoms with Gasteiger partial charge in [0.15, 0.2) is 0 Å². The molecular formula is C13H20N4O. The number of hydrogen-bond acceptors (Lipinski definition) is 4. The number of carbonyl (C=O) groups is 1. The van der Waals surface area contributed by atoms with E-state index in [9.17, 15) is 4.79 Å². The first-order chi connectivity index (χ1) is 8.70. The van der Waals surface area contributed by atoms with Crippen molar-refractivity contribution >= 4 is 11.9 Å². The smallest absolute Gasteiger partial charge is 0.272 e. The van der Waals surface area contributed by atoms with Crippen LogP contribution in [-0.2, 0) is 0 Å². The Kier molecular flexibility index (Phi) is 4.12. The summed E-state index contributed by atoms with van der Waals surface area (Å²) >= 11 is 0. The normalized spacial score (nSPS) is 16.2. The molecule has 2 rings (SSSR count). The monoisotopic (exact) mass is 248 g/mol. The van der Waals surface area contributed by atoms with Gasteiger partial charge in [-0.25, -0.2) is 9.97 Å². The largest absolute Gasteiger partial charge is 0.357 e. The van der Waals surface area contributed by atoms with E-state index in [1.165, 1.54) is 12.8 Å². The molecule has 5 heteroatoms. The molecule has 1 aromatic heterocycles. The lowest BCUT2D eigenvalue weighted by Gasteiger charge is -2.20. The van der Waals surface area contributed by atoms with Crippen molar-refractivity contribution in [2.24, 2.45) is 0 Å².